The van der Waals surface area contributed by atoms with E-state index in [4.69, 9.17) is 15.2 Å². The van der Waals surface area contributed by atoms with E-state index in [-0.39, 0.29) is 12.5 Å². The molecule has 0 spiro atoms. The van der Waals surface area contributed by atoms with Crippen molar-refractivity contribution in [1.29, 1.82) is 0 Å². The molecule has 0 radical (unpaired) electrons. The van der Waals surface area contributed by atoms with Gasteiger partial charge in [0.05, 0.1) is 23.9 Å². The average molecular weight is 256 g/mol. The summed E-state index contributed by atoms with van der Waals surface area (Å²) in [7, 11) is 3.25. The van der Waals surface area contributed by atoms with Crippen molar-refractivity contribution in [2.75, 3.05) is 20.8 Å². The van der Waals surface area contributed by atoms with Gasteiger partial charge in [-0.3, -0.25) is 4.79 Å². The summed E-state index contributed by atoms with van der Waals surface area (Å²) in [5.74, 6) is -0.427. The fraction of sp³-hybridized carbons (Fsp3) is 0.727. The predicted molar refractivity (Wildman–Crippen MR) is 64.8 cm³/mol. The van der Waals surface area contributed by atoms with Crippen molar-refractivity contribution in [2.24, 2.45) is 5.73 Å². The monoisotopic (exact) mass is 256 g/mol. The van der Waals surface area contributed by atoms with E-state index in [9.17, 15) is 4.79 Å². The van der Waals surface area contributed by atoms with Crippen LogP contribution in [0.4, 0.5) is 0 Å². The van der Waals surface area contributed by atoms with E-state index >= 15 is 0 Å². The van der Waals surface area contributed by atoms with Crippen LogP contribution >= 0.6 is 0 Å². The topological polar surface area (TPSA) is 92.3 Å². The highest BCUT2D eigenvalue weighted by Gasteiger charge is 2.19. The van der Waals surface area contributed by atoms with Gasteiger partial charge >= 0.3 is 0 Å². The number of amides is 1. The summed E-state index contributed by atoms with van der Waals surface area (Å²) in [6.45, 7) is 3.20. The molecule has 0 fully saturated rings. The molecule has 1 heterocycles. The van der Waals surface area contributed by atoms with Gasteiger partial charge in [-0.15, -0.1) is 5.10 Å². The highest BCUT2D eigenvalue weighted by atomic mass is 16.5. The fourth-order valence-corrected chi connectivity index (χ4v) is 1.73. The summed E-state index contributed by atoms with van der Waals surface area (Å²) in [4.78, 5) is 11.0. The number of rotatable bonds is 8. The highest BCUT2D eigenvalue weighted by molar-refractivity contribution is 5.76. The molecule has 7 nitrogen and oxygen atoms in total. The minimum Gasteiger partial charge on any atom is -0.385 e. The number of nitrogens with zero attached hydrogens (tertiary/aromatic N) is 3. The molecule has 1 atom stereocenters. The third-order valence-electron chi connectivity index (χ3n) is 2.65. The van der Waals surface area contributed by atoms with Crippen LogP contribution in [-0.2, 0) is 27.2 Å². The third kappa shape index (κ3) is 3.78. The minimum atomic E-state index is -0.427. The molecule has 0 aliphatic rings. The van der Waals surface area contributed by atoms with Crippen LogP contribution < -0.4 is 5.73 Å². The van der Waals surface area contributed by atoms with E-state index in [2.05, 4.69) is 10.3 Å². The molecule has 1 amide bonds. The molecule has 0 aromatic carbocycles. The van der Waals surface area contributed by atoms with Gasteiger partial charge < -0.3 is 15.2 Å². The number of nitrogens with two attached hydrogens (primary N) is 1. The van der Waals surface area contributed by atoms with Crippen LogP contribution in [0.3, 0.4) is 0 Å². The quantitative estimate of drug-likeness (QED) is 0.663. The molecule has 1 aromatic rings. The number of hydrogen-bond acceptors (Lipinski definition) is 5. The summed E-state index contributed by atoms with van der Waals surface area (Å²) in [6.07, 6.45) is 0.712. The number of primary amides is 1. The maximum absolute atomic E-state index is 11.0. The van der Waals surface area contributed by atoms with E-state index in [1.54, 1.807) is 18.9 Å². The smallest absolute Gasteiger partial charge is 0.223 e. The lowest BCUT2D eigenvalue weighted by Crippen LogP contribution is -2.17. The van der Waals surface area contributed by atoms with Crippen molar-refractivity contribution in [3.05, 3.63) is 11.4 Å². The van der Waals surface area contributed by atoms with E-state index in [1.165, 1.54) is 0 Å². The van der Waals surface area contributed by atoms with Crippen molar-refractivity contribution < 1.29 is 14.3 Å². The van der Waals surface area contributed by atoms with Gasteiger partial charge in [-0.25, -0.2) is 4.68 Å². The number of aryl methyl sites for hydroxylation is 1. The van der Waals surface area contributed by atoms with E-state index in [0.29, 0.717) is 18.8 Å². The number of carbonyl (C=O) groups is 1. The Morgan fingerprint density at radius 2 is 2.22 bits per heavy atom. The molecule has 0 bridgehead atoms. The lowest BCUT2D eigenvalue weighted by Gasteiger charge is -2.13. The van der Waals surface area contributed by atoms with Crippen molar-refractivity contribution >= 4 is 5.91 Å². The van der Waals surface area contributed by atoms with Crippen LogP contribution in [0.25, 0.3) is 0 Å². The Balaban J connectivity index is 2.88. The molecule has 1 rings (SSSR count). The molecular weight excluding hydrogens is 236 g/mol. The molecule has 0 aliphatic heterocycles. The molecule has 0 aliphatic carbocycles. The first-order valence-corrected chi connectivity index (χ1v) is 5.82. The van der Waals surface area contributed by atoms with Crippen LogP contribution in [0.1, 0.15) is 30.8 Å². The van der Waals surface area contributed by atoms with Crippen molar-refractivity contribution in [1.82, 2.24) is 15.0 Å². The SMILES string of the molecule is COCCCn1nnc(CC(N)=O)c1C(C)OC. The Hall–Kier alpha value is -1.47. The van der Waals surface area contributed by atoms with Crippen LogP contribution in [0.5, 0.6) is 0 Å². The number of aromatic nitrogens is 3. The standard InChI is InChI=1S/C11H20N4O3/c1-8(18-3)11-9(7-10(12)16)13-14-15(11)5-4-6-17-2/h8H,4-7H2,1-3H3,(H2,12,16). The molecule has 2 N–H and O–H groups in total. The molecule has 18 heavy (non-hydrogen) atoms. The van der Waals surface area contributed by atoms with Gasteiger partial charge in [-0.2, -0.15) is 0 Å². The van der Waals surface area contributed by atoms with E-state index in [1.807, 2.05) is 6.92 Å². The largest absolute Gasteiger partial charge is 0.385 e. The van der Waals surface area contributed by atoms with Gasteiger partial charge in [0.1, 0.15) is 0 Å². The van der Waals surface area contributed by atoms with Gasteiger partial charge in [0.25, 0.3) is 0 Å². The van der Waals surface area contributed by atoms with Crippen LogP contribution in [0.2, 0.25) is 0 Å². The van der Waals surface area contributed by atoms with Crippen molar-refractivity contribution in [2.45, 2.75) is 32.4 Å². The minimum absolute atomic E-state index is 0.0767. The number of hydrogen-bond donors (Lipinski definition) is 1. The van der Waals surface area contributed by atoms with Gasteiger partial charge in [0.2, 0.25) is 5.91 Å². The van der Waals surface area contributed by atoms with Crippen molar-refractivity contribution in [3.63, 3.8) is 0 Å². The first-order chi connectivity index (χ1) is 8.60. The second-order valence-electron chi connectivity index (χ2n) is 4.01. The summed E-state index contributed by atoms with van der Waals surface area (Å²) in [6, 6.07) is 0. The third-order valence-corrected chi connectivity index (χ3v) is 2.65. The fourth-order valence-electron chi connectivity index (χ4n) is 1.73. The van der Waals surface area contributed by atoms with Gasteiger partial charge in [-0.05, 0) is 13.3 Å². The van der Waals surface area contributed by atoms with Gasteiger partial charge in [0, 0.05) is 27.4 Å². The second-order valence-corrected chi connectivity index (χ2v) is 4.01. The molecule has 0 saturated carbocycles. The Kier molecular flexibility index (Phi) is 5.73. The van der Waals surface area contributed by atoms with Gasteiger partial charge in [-0.1, -0.05) is 5.21 Å². The second kappa shape index (κ2) is 7.07. The molecule has 0 saturated heterocycles. The zero-order chi connectivity index (χ0) is 13.5. The zero-order valence-electron chi connectivity index (χ0n) is 11.0. The highest BCUT2D eigenvalue weighted by Crippen LogP contribution is 2.19. The molecule has 102 valence electrons. The maximum atomic E-state index is 11.0. The summed E-state index contributed by atoms with van der Waals surface area (Å²) in [5.41, 5.74) is 6.57. The summed E-state index contributed by atoms with van der Waals surface area (Å²) < 4.78 is 12.0. The Morgan fingerprint density at radius 1 is 1.50 bits per heavy atom. The van der Waals surface area contributed by atoms with Crippen LogP contribution in [0, 0.1) is 0 Å². The van der Waals surface area contributed by atoms with Crippen LogP contribution in [-0.4, -0.2) is 41.7 Å². The summed E-state index contributed by atoms with van der Waals surface area (Å²) >= 11 is 0. The van der Waals surface area contributed by atoms with Gasteiger partial charge in [0.15, 0.2) is 0 Å². The molecule has 1 unspecified atom stereocenters. The normalized spacial score (nSPS) is 12.6. The zero-order valence-corrected chi connectivity index (χ0v) is 11.0. The van der Waals surface area contributed by atoms with Crippen LogP contribution in [0.15, 0.2) is 0 Å². The Labute approximate surface area is 106 Å². The predicted octanol–water partition coefficient (Wildman–Crippen LogP) is 0.0498. The molecule has 7 heteroatoms. The summed E-state index contributed by atoms with van der Waals surface area (Å²) in [5, 5.41) is 8.03. The van der Waals surface area contributed by atoms with E-state index in [0.717, 1.165) is 12.1 Å². The molecular formula is C11H20N4O3. The maximum Gasteiger partial charge on any atom is 0.223 e. The number of carbonyl (C=O) groups excluding carboxylic acids is 1. The first kappa shape index (κ1) is 14.6. The number of ether oxygens (including phenoxy) is 2. The Morgan fingerprint density at radius 3 is 2.78 bits per heavy atom. The Bertz CT molecular complexity index is 392. The van der Waals surface area contributed by atoms with Crippen molar-refractivity contribution in [3.8, 4) is 0 Å². The van der Waals surface area contributed by atoms with E-state index < -0.39 is 5.91 Å². The first-order valence-electron chi connectivity index (χ1n) is 5.82. The lowest BCUT2D eigenvalue weighted by atomic mass is 10.1. The lowest BCUT2D eigenvalue weighted by molar-refractivity contribution is -0.117. The number of methoxy groups -OCH3 is 2. The average Bonchev–Trinajstić information content (AvgIpc) is 2.71. The molecule has 1 aromatic heterocycles.